The van der Waals surface area contributed by atoms with Crippen LogP contribution in [0.2, 0.25) is 4.34 Å². The second-order valence-electron chi connectivity index (χ2n) is 6.22. The molecule has 0 amide bonds. The second kappa shape index (κ2) is 10.5. The van der Waals surface area contributed by atoms with Crippen molar-refractivity contribution in [3.8, 4) is 0 Å². The average Bonchev–Trinajstić information content (AvgIpc) is 3.07. The molecule has 1 fully saturated rings. The maximum Gasteiger partial charge on any atom is 0.250 e. The van der Waals surface area contributed by atoms with Crippen LogP contribution in [0.25, 0.3) is 0 Å². The van der Waals surface area contributed by atoms with E-state index in [0.717, 1.165) is 43.8 Å². The van der Waals surface area contributed by atoms with Crippen molar-refractivity contribution in [1.82, 2.24) is 20.3 Å². The molecule has 0 unspecified atom stereocenters. The number of piperidine rings is 1. The van der Waals surface area contributed by atoms with Crippen LogP contribution >= 0.6 is 22.9 Å². The minimum absolute atomic E-state index is 0.226. The van der Waals surface area contributed by atoms with Crippen LogP contribution in [0.5, 0.6) is 0 Å². The van der Waals surface area contributed by atoms with Crippen molar-refractivity contribution in [3.05, 3.63) is 16.5 Å². The Morgan fingerprint density at radius 3 is 2.65 bits per heavy atom. The Hall–Kier alpha value is -0.870. The van der Waals surface area contributed by atoms with Gasteiger partial charge in [-0.2, -0.15) is 0 Å². The molecule has 1 saturated heterocycles. The zero-order valence-corrected chi connectivity index (χ0v) is 17.7. The lowest BCUT2D eigenvalue weighted by Gasteiger charge is -2.32. The number of guanidine groups is 1. The van der Waals surface area contributed by atoms with Gasteiger partial charge < -0.3 is 15.5 Å². The molecule has 1 aliphatic rings. The number of nitrogens with zero attached hydrogens (tertiary/aromatic N) is 2. The van der Waals surface area contributed by atoms with Crippen molar-refractivity contribution in [3.63, 3.8) is 0 Å². The lowest BCUT2D eigenvalue weighted by molar-refractivity contribution is 0.206. The summed E-state index contributed by atoms with van der Waals surface area (Å²) in [5.41, 5.74) is 0. The number of likely N-dealkylation sites (tertiary alicyclic amines) is 1. The molecule has 0 aliphatic carbocycles. The fraction of sp³-hybridized carbons (Fsp3) is 0.688. The van der Waals surface area contributed by atoms with Gasteiger partial charge in [0, 0.05) is 39.3 Å². The minimum atomic E-state index is -3.50. The largest absolute Gasteiger partial charge is 0.355 e. The molecule has 0 atom stereocenters. The first-order valence-electron chi connectivity index (χ1n) is 8.89. The van der Waals surface area contributed by atoms with E-state index in [9.17, 15) is 8.42 Å². The van der Waals surface area contributed by atoms with Crippen molar-refractivity contribution in [2.45, 2.75) is 36.4 Å². The maximum atomic E-state index is 12.1. The molecule has 10 heteroatoms. The van der Waals surface area contributed by atoms with E-state index in [0.29, 0.717) is 22.9 Å². The van der Waals surface area contributed by atoms with Gasteiger partial charge in [-0.15, -0.1) is 11.3 Å². The number of halogens is 1. The highest BCUT2D eigenvalue weighted by molar-refractivity contribution is 7.91. The number of rotatable bonds is 8. The fourth-order valence-electron chi connectivity index (χ4n) is 2.88. The monoisotopic (exact) mass is 421 g/mol. The molecule has 0 bridgehead atoms. The number of aliphatic imine (C=N–C) groups is 1. The molecule has 1 aromatic heterocycles. The van der Waals surface area contributed by atoms with Gasteiger partial charge in [-0.05, 0) is 37.9 Å². The van der Waals surface area contributed by atoms with Gasteiger partial charge in [0.05, 0.1) is 4.34 Å². The van der Waals surface area contributed by atoms with Gasteiger partial charge in [0.25, 0.3) is 0 Å². The van der Waals surface area contributed by atoms with Gasteiger partial charge in [0.15, 0.2) is 5.96 Å². The number of sulfonamides is 1. The van der Waals surface area contributed by atoms with E-state index < -0.39 is 10.0 Å². The SMILES string of the molecule is CCCN1CCC(NC(=NC)NCCNS(=O)(=O)c2ccc(Cl)s2)CC1. The lowest BCUT2D eigenvalue weighted by atomic mass is 10.1. The predicted octanol–water partition coefficient (Wildman–Crippen LogP) is 1.72. The molecular formula is C16H28ClN5O2S2. The van der Waals surface area contributed by atoms with E-state index in [4.69, 9.17) is 11.6 Å². The van der Waals surface area contributed by atoms with Gasteiger partial charge in [-0.25, -0.2) is 13.1 Å². The Morgan fingerprint density at radius 1 is 1.35 bits per heavy atom. The molecule has 0 aromatic carbocycles. The summed E-state index contributed by atoms with van der Waals surface area (Å²) in [6.45, 7) is 6.30. The van der Waals surface area contributed by atoms with Crippen molar-refractivity contribution in [2.75, 3.05) is 39.8 Å². The van der Waals surface area contributed by atoms with E-state index in [1.54, 1.807) is 13.1 Å². The molecule has 7 nitrogen and oxygen atoms in total. The highest BCUT2D eigenvalue weighted by Crippen LogP contribution is 2.25. The summed E-state index contributed by atoms with van der Waals surface area (Å²) < 4.78 is 27.5. The van der Waals surface area contributed by atoms with Gasteiger partial charge >= 0.3 is 0 Å². The molecule has 2 rings (SSSR count). The number of nitrogens with one attached hydrogen (secondary N) is 3. The molecule has 0 saturated carbocycles. The number of hydrogen-bond donors (Lipinski definition) is 3. The normalized spacial score (nSPS) is 17.4. The first-order valence-corrected chi connectivity index (χ1v) is 11.6. The van der Waals surface area contributed by atoms with E-state index in [1.165, 1.54) is 12.5 Å². The Bertz CT molecular complexity index is 685. The van der Waals surface area contributed by atoms with E-state index in [2.05, 4.69) is 32.2 Å². The molecule has 148 valence electrons. The molecule has 0 radical (unpaired) electrons. The van der Waals surface area contributed by atoms with E-state index in [-0.39, 0.29) is 10.8 Å². The molecule has 1 aromatic rings. The third kappa shape index (κ3) is 6.70. The van der Waals surface area contributed by atoms with Crippen molar-refractivity contribution < 1.29 is 8.42 Å². The van der Waals surface area contributed by atoms with Crippen molar-refractivity contribution in [1.29, 1.82) is 0 Å². The van der Waals surface area contributed by atoms with Gasteiger partial charge in [0.1, 0.15) is 4.21 Å². The van der Waals surface area contributed by atoms with Crippen LogP contribution < -0.4 is 15.4 Å². The standard InChI is InChI=1S/C16H28ClN5O2S2/c1-3-10-22-11-6-13(7-12-22)21-16(18-2)19-8-9-20-26(23,24)15-5-4-14(17)25-15/h4-5,13,20H,3,6-12H2,1-2H3,(H2,18,19,21). The van der Waals surface area contributed by atoms with Crippen LogP contribution in [-0.4, -0.2) is 65.1 Å². The highest BCUT2D eigenvalue weighted by Gasteiger charge is 2.19. The van der Waals surface area contributed by atoms with Crippen molar-refractivity contribution >= 4 is 38.9 Å². The lowest BCUT2D eigenvalue weighted by Crippen LogP contribution is -2.49. The smallest absolute Gasteiger partial charge is 0.250 e. The topological polar surface area (TPSA) is 85.8 Å². The van der Waals surface area contributed by atoms with Gasteiger partial charge in [-0.1, -0.05) is 18.5 Å². The Kier molecular flexibility index (Phi) is 8.62. The summed E-state index contributed by atoms with van der Waals surface area (Å²) >= 11 is 6.84. The number of thiophene rings is 1. The third-order valence-electron chi connectivity index (χ3n) is 4.21. The first-order chi connectivity index (χ1) is 12.4. The molecule has 3 N–H and O–H groups in total. The van der Waals surface area contributed by atoms with Crippen molar-refractivity contribution in [2.24, 2.45) is 4.99 Å². The second-order valence-corrected chi connectivity index (χ2v) is 9.92. The van der Waals surface area contributed by atoms with Gasteiger partial charge in [0.2, 0.25) is 10.0 Å². The van der Waals surface area contributed by atoms with Crippen LogP contribution in [0.3, 0.4) is 0 Å². The zero-order valence-electron chi connectivity index (χ0n) is 15.3. The Labute approximate surface area is 165 Å². The van der Waals surface area contributed by atoms with Crippen LogP contribution in [0.4, 0.5) is 0 Å². The summed E-state index contributed by atoms with van der Waals surface area (Å²) in [5.74, 6) is 0.706. The predicted molar refractivity (Wildman–Crippen MR) is 109 cm³/mol. The molecule has 2 heterocycles. The van der Waals surface area contributed by atoms with Crippen LogP contribution in [0.1, 0.15) is 26.2 Å². The molecular weight excluding hydrogens is 394 g/mol. The minimum Gasteiger partial charge on any atom is -0.355 e. The third-order valence-corrected chi connectivity index (χ3v) is 7.40. The highest BCUT2D eigenvalue weighted by atomic mass is 35.5. The summed E-state index contributed by atoms with van der Waals surface area (Å²) in [5, 5.41) is 6.58. The molecule has 0 spiro atoms. The molecule has 26 heavy (non-hydrogen) atoms. The van der Waals surface area contributed by atoms with Crippen LogP contribution in [-0.2, 0) is 10.0 Å². The fourth-order valence-corrected chi connectivity index (χ4v) is 5.44. The van der Waals surface area contributed by atoms with Crippen LogP contribution in [0, 0.1) is 0 Å². The van der Waals surface area contributed by atoms with E-state index >= 15 is 0 Å². The maximum absolute atomic E-state index is 12.1. The quantitative estimate of drug-likeness (QED) is 0.338. The summed E-state index contributed by atoms with van der Waals surface area (Å²) in [6, 6.07) is 3.49. The number of hydrogen-bond acceptors (Lipinski definition) is 5. The average molecular weight is 422 g/mol. The van der Waals surface area contributed by atoms with Crippen LogP contribution in [0.15, 0.2) is 21.3 Å². The first kappa shape index (κ1) is 21.4. The summed E-state index contributed by atoms with van der Waals surface area (Å²) in [7, 11) is -1.78. The van der Waals surface area contributed by atoms with Gasteiger partial charge in [-0.3, -0.25) is 4.99 Å². The Balaban J connectivity index is 1.69. The summed E-state index contributed by atoms with van der Waals surface area (Å²) in [6.07, 6.45) is 3.37. The molecule has 1 aliphatic heterocycles. The zero-order chi connectivity index (χ0) is 19.0. The Morgan fingerprint density at radius 2 is 2.08 bits per heavy atom. The van der Waals surface area contributed by atoms with E-state index in [1.807, 2.05) is 0 Å². The summed E-state index contributed by atoms with van der Waals surface area (Å²) in [4.78, 5) is 6.71.